The van der Waals surface area contributed by atoms with Gasteiger partial charge in [-0.05, 0) is 63.3 Å². The first-order valence-corrected chi connectivity index (χ1v) is 16.5. The molecule has 0 N–H and O–H groups in total. The smallest absolute Gasteiger partial charge is 0.164 e. The second-order valence-electron chi connectivity index (χ2n) is 12.5. The van der Waals surface area contributed by atoms with Gasteiger partial charge >= 0.3 is 0 Å². The molecule has 0 aliphatic rings. The van der Waals surface area contributed by atoms with Crippen LogP contribution in [0.5, 0.6) is 0 Å². The molecule has 228 valence electrons. The van der Waals surface area contributed by atoms with E-state index in [-0.39, 0.29) is 0 Å². The van der Waals surface area contributed by atoms with Gasteiger partial charge in [0.05, 0.1) is 16.7 Å². The minimum atomic E-state index is 0.645. The number of fused-ring (bicyclic) bond motifs is 6. The minimum absolute atomic E-state index is 0.645. The summed E-state index contributed by atoms with van der Waals surface area (Å²) < 4.78 is 2.38. The molecule has 8 aromatic carbocycles. The van der Waals surface area contributed by atoms with Crippen LogP contribution in [0.15, 0.2) is 170 Å². The normalized spacial score (nSPS) is 11.7. The number of aromatic nitrogens is 4. The Morgan fingerprint density at radius 3 is 1.35 bits per heavy atom. The third-order valence-electron chi connectivity index (χ3n) is 9.61. The van der Waals surface area contributed by atoms with E-state index < -0.39 is 0 Å². The topological polar surface area (TPSA) is 43.6 Å². The van der Waals surface area contributed by atoms with Gasteiger partial charge in [-0.1, -0.05) is 133 Å². The molecule has 4 nitrogen and oxygen atoms in total. The second kappa shape index (κ2) is 11.0. The Morgan fingerprint density at radius 2 is 0.776 bits per heavy atom. The highest BCUT2D eigenvalue weighted by Gasteiger charge is 2.18. The lowest BCUT2D eigenvalue weighted by atomic mass is 10.0. The summed E-state index contributed by atoms with van der Waals surface area (Å²) in [6, 6.07) is 59.8. The molecule has 49 heavy (non-hydrogen) atoms. The van der Waals surface area contributed by atoms with E-state index in [2.05, 4.69) is 174 Å². The molecule has 2 aromatic heterocycles. The van der Waals surface area contributed by atoms with Crippen LogP contribution in [0, 0.1) is 0 Å². The van der Waals surface area contributed by atoms with Crippen LogP contribution in [0.25, 0.3) is 94.0 Å². The third-order valence-corrected chi connectivity index (χ3v) is 9.61. The van der Waals surface area contributed by atoms with Crippen molar-refractivity contribution in [3.05, 3.63) is 170 Å². The van der Waals surface area contributed by atoms with Crippen LogP contribution in [0.3, 0.4) is 0 Å². The van der Waals surface area contributed by atoms with E-state index in [9.17, 15) is 0 Å². The van der Waals surface area contributed by atoms with Gasteiger partial charge in [0.25, 0.3) is 0 Å². The maximum Gasteiger partial charge on any atom is 0.164 e. The lowest BCUT2D eigenvalue weighted by Crippen LogP contribution is -2.02. The molecule has 0 fully saturated rings. The highest BCUT2D eigenvalue weighted by atomic mass is 15.0. The standard InChI is InChI=1S/C45H28N4/c1-3-13-31-27-33(23-21-29(31)11-1)43-46-44(34-24-22-30-12-2-4-14-32(30)28-34)48-45(47-43)39-25-26-42(36-16-6-5-15-35(36)39)49-40-19-9-7-17-37(40)38-18-8-10-20-41(38)49/h1-28H. The van der Waals surface area contributed by atoms with E-state index in [1.165, 1.54) is 32.6 Å². The highest BCUT2D eigenvalue weighted by Crippen LogP contribution is 2.38. The Bertz CT molecular complexity index is 2750. The van der Waals surface area contributed by atoms with Crippen molar-refractivity contribution in [2.75, 3.05) is 0 Å². The Kier molecular flexibility index (Phi) is 6.15. The Balaban J connectivity index is 1.22. The van der Waals surface area contributed by atoms with Crippen molar-refractivity contribution in [3.63, 3.8) is 0 Å². The molecule has 0 unspecified atom stereocenters. The van der Waals surface area contributed by atoms with Crippen molar-refractivity contribution >= 4 is 54.1 Å². The number of nitrogens with zero attached hydrogens (tertiary/aromatic N) is 4. The van der Waals surface area contributed by atoms with Crippen molar-refractivity contribution in [3.8, 4) is 39.9 Å². The molecule has 0 bridgehead atoms. The van der Waals surface area contributed by atoms with E-state index in [0.29, 0.717) is 17.5 Å². The first-order valence-electron chi connectivity index (χ1n) is 16.5. The number of benzene rings is 8. The summed E-state index contributed by atoms with van der Waals surface area (Å²) in [6.07, 6.45) is 0. The van der Waals surface area contributed by atoms with E-state index in [1.807, 2.05) is 0 Å². The SMILES string of the molecule is c1ccc2cc(-c3nc(-c4ccc5ccccc5c4)nc(-c4ccc(-n5c6ccccc6c6ccccc65)c5ccccc45)n3)ccc2c1. The zero-order valence-corrected chi connectivity index (χ0v) is 26.5. The zero-order chi connectivity index (χ0) is 32.3. The predicted molar refractivity (Wildman–Crippen MR) is 203 cm³/mol. The molecule has 0 amide bonds. The fourth-order valence-electron chi connectivity index (χ4n) is 7.27. The second-order valence-corrected chi connectivity index (χ2v) is 12.5. The van der Waals surface area contributed by atoms with Crippen LogP contribution >= 0.6 is 0 Å². The quantitative estimate of drug-likeness (QED) is 0.196. The lowest BCUT2D eigenvalue weighted by Gasteiger charge is -2.15. The molecule has 0 radical (unpaired) electrons. The summed E-state index contributed by atoms with van der Waals surface area (Å²) in [5.41, 5.74) is 6.35. The molecule has 10 aromatic rings. The van der Waals surface area contributed by atoms with E-state index in [0.717, 1.165) is 43.9 Å². The Hall–Kier alpha value is -6.65. The largest absolute Gasteiger partial charge is 0.309 e. The number of hydrogen-bond donors (Lipinski definition) is 0. The molecular weight excluding hydrogens is 597 g/mol. The van der Waals surface area contributed by atoms with Gasteiger partial charge in [-0.3, -0.25) is 0 Å². The predicted octanol–water partition coefficient (Wildman–Crippen LogP) is 11.4. The maximum absolute atomic E-state index is 5.18. The van der Waals surface area contributed by atoms with Gasteiger partial charge in [-0.15, -0.1) is 0 Å². The Morgan fingerprint density at radius 1 is 0.327 bits per heavy atom. The van der Waals surface area contributed by atoms with Crippen LogP contribution < -0.4 is 0 Å². The molecule has 0 saturated heterocycles. The van der Waals surface area contributed by atoms with Gasteiger partial charge in [-0.25, -0.2) is 15.0 Å². The van der Waals surface area contributed by atoms with Gasteiger partial charge in [0.15, 0.2) is 17.5 Å². The lowest BCUT2D eigenvalue weighted by molar-refractivity contribution is 1.08. The maximum atomic E-state index is 5.18. The fraction of sp³-hybridized carbons (Fsp3) is 0. The zero-order valence-electron chi connectivity index (χ0n) is 26.5. The van der Waals surface area contributed by atoms with Crippen LogP contribution in [0.1, 0.15) is 0 Å². The Labute approximate surface area is 282 Å². The van der Waals surface area contributed by atoms with Crippen molar-refractivity contribution < 1.29 is 0 Å². The van der Waals surface area contributed by atoms with Gasteiger partial charge in [0, 0.05) is 32.8 Å². The van der Waals surface area contributed by atoms with Crippen molar-refractivity contribution in [2.24, 2.45) is 0 Å². The van der Waals surface area contributed by atoms with Gasteiger partial charge in [-0.2, -0.15) is 0 Å². The van der Waals surface area contributed by atoms with Crippen LogP contribution in [0.2, 0.25) is 0 Å². The van der Waals surface area contributed by atoms with Gasteiger partial charge in [0.1, 0.15) is 0 Å². The van der Waals surface area contributed by atoms with Crippen LogP contribution in [0.4, 0.5) is 0 Å². The van der Waals surface area contributed by atoms with Crippen molar-refractivity contribution in [1.29, 1.82) is 0 Å². The molecule has 0 aliphatic heterocycles. The number of hydrogen-bond acceptors (Lipinski definition) is 3. The fourth-order valence-corrected chi connectivity index (χ4v) is 7.27. The third kappa shape index (κ3) is 4.49. The molecule has 0 spiro atoms. The van der Waals surface area contributed by atoms with E-state index in [4.69, 9.17) is 15.0 Å². The average Bonchev–Trinajstić information content (AvgIpc) is 3.51. The van der Waals surface area contributed by atoms with E-state index in [1.54, 1.807) is 0 Å². The van der Waals surface area contributed by atoms with E-state index >= 15 is 0 Å². The summed E-state index contributed by atoms with van der Waals surface area (Å²) in [5.74, 6) is 1.94. The minimum Gasteiger partial charge on any atom is -0.309 e. The average molecular weight is 625 g/mol. The summed E-state index contributed by atoms with van der Waals surface area (Å²) in [7, 11) is 0. The van der Waals surface area contributed by atoms with Crippen LogP contribution in [-0.4, -0.2) is 19.5 Å². The molecular formula is C45H28N4. The highest BCUT2D eigenvalue weighted by molar-refractivity contribution is 6.11. The van der Waals surface area contributed by atoms with Gasteiger partial charge < -0.3 is 4.57 Å². The first kappa shape index (κ1) is 27.5. The first-order chi connectivity index (χ1) is 24.3. The molecule has 0 saturated carbocycles. The molecule has 4 heteroatoms. The summed E-state index contributed by atoms with van der Waals surface area (Å²) >= 11 is 0. The molecule has 0 aliphatic carbocycles. The molecule has 10 rings (SSSR count). The molecule has 2 heterocycles. The van der Waals surface area contributed by atoms with Crippen molar-refractivity contribution in [1.82, 2.24) is 19.5 Å². The van der Waals surface area contributed by atoms with Gasteiger partial charge in [0.2, 0.25) is 0 Å². The van der Waals surface area contributed by atoms with Crippen molar-refractivity contribution in [2.45, 2.75) is 0 Å². The van der Waals surface area contributed by atoms with Crippen LogP contribution in [-0.2, 0) is 0 Å². The summed E-state index contributed by atoms with van der Waals surface area (Å²) in [5, 5.41) is 9.36. The monoisotopic (exact) mass is 624 g/mol. The molecule has 0 atom stereocenters. The summed E-state index contributed by atoms with van der Waals surface area (Å²) in [4.78, 5) is 15.5. The number of rotatable bonds is 4. The summed E-state index contributed by atoms with van der Waals surface area (Å²) in [6.45, 7) is 0. The number of para-hydroxylation sites is 2.